The summed E-state index contributed by atoms with van der Waals surface area (Å²) >= 11 is 0. The Morgan fingerprint density at radius 3 is 2.91 bits per heavy atom. The zero-order valence-corrected chi connectivity index (χ0v) is 12.9. The van der Waals surface area contributed by atoms with Gasteiger partial charge in [-0.25, -0.2) is 0 Å². The van der Waals surface area contributed by atoms with E-state index in [0.29, 0.717) is 12.2 Å². The SMILES string of the molecule is N#C/C(=C/NCCN1CCNCC1)C(=O)Nc1cccc(O)c1. The minimum absolute atomic E-state index is 0.00588. The summed E-state index contributed by atoms with van der Waals surface area (Å²) in [7, 11) is 0. The Hall–Kier alpha value is -2.56. The predicted octanol–water partition coefficient (Wildman–Crippen LogP) is 0.233. The Morgan fingerprint density at radius 2 is 2.22 bits per heavy atom. The van der Waals surface area contributed by atoms with Crippen LogP contribution in [0.5, 0.6) is 5.75 Å². The summed E-state index contributed by atoms with van der Waals surface area (Å²) in [6.07, 6.45) is 1.43. The van der Waals surface area contributed by atoms with Crippen molar-refractivity contribution in [2.24, 2.45) is 0 Å². The van der Waals surface area contributed by atoms with E-state index in [1.54, 1.807) is 12.1 Å². The number of anilines is 1. The van der Waals surface area contributed by atoms with Crippen LogP contribution < -0.4 is 16.0 Å². The molecule has 0 aliphatic carbocycles. The largest absolute Gasteiger partial charge is 0.508 e. The lowest BCUT2D eigenvalue weighted by atomic mass is 10.2. The van der Waals surface area contributed by atoms with Gasteiger partial charge >= 0.3 is 0 Å². The van der Waals surface area contributed by atoms with Crippen LogP contribution in [-0.2, 0) is 4.79 Å². The van der Waals surface area contributed by atoms with E-state index in [-0.39, 0.29) is 11.3 Å². The number of nitrogens with one attached hydrogen (secondary N) is 3. The molecule has 1 fully saturated rings. The van der Waals surface area contributed by atoms with Gasteiger partial charge in [0.25, 0.3) is 5.91 Å². The van der Waals surface area contributed by atoms with Gasteiger partial charge in [-0.15, -0.1) is 0 Å². The number of phenolic OH excluding ortho intramolecular Hbond substituents is 1. The second kappa shape index (κ2) is 8.78. The maximum atomic E-state index is 12.0. The third-order valence-electron chi connectivity index (χ3n) is 3.50. The van der Waals surface area contributed by atoms with Gasteiger partial charge in [0.2, 0.25) is 0 Å². The van der Waals surface area contributed by atoms with Gasteiger partial charge in [-0.2, -0.15) is 5.26 Å². The molecule has 1 aromatic rings. The van der Waals surface area contributed by atoms with Crippen LogP contribution in [0.1, 0.15) is 0 Å². The first-order chi connectivity index (χ1) is 11.2. The highest BCUT2D eigenvalue weighted by molar-refractivity contribution is 6.06. The van der Waals surface area contributed by atoms with Crippen molar-refractivity contribution in [3.8, 4) is 11.8 Å². The topological polar surface area (TPSA) is 100 Å². The number of aromatic hydroxyl groups is 1. The van der Waals surface area contributed by atoms with E-state index in [1.807, 2.05) is 6.07 Å². The molecule has 0 spiro atoms. The molecule has 1 aliphatic rings. The Labute approximate surface area is 135 Å². The lowest BCUT2D eigenvalue weighted by molar-refractivity contribution is -0.112. The summed E-state index contributed by atoms with van der Waals surface area (Å²) in [5.41, 5.74) is 0.436. The zero-order valence-electron chi connectivity index (χ0n) is 12.9. The number of piperazine rings is 1. The Balaban J connectivity index is 1.80. The van der Waals surface area contributed by atoms with Crippen LogP contribution in [0.2, 0.25) is 0 Å². The molecule has 0 saturated carbocycles. The molecule has 23 heavy (non-hydrogen) atoms. The molecule has 4 N–H and O–H groups in total. The average molecular weight is 315 g/mol. The molecule has 1 amide bonds. The molecule has 122 valence electrons. The monoisotopic (exact) mass is 315 g/mol. The maximum absolute atomic E-state index is 12.0. The zero-order chi connectivity index (χ0) is 16.5. The van der Waals surface area contributed by atoms with Crippen molar-refractivity contribution < 1.29 is 9.90 Å². The van der Waals surface area contributed by atoms with E-state index >= 15 is 0 Å². The van der Waals surface area contributed by atoms with Gasteiger partial charge in [-0.1, -0.05) is 6.07 Å². The predicted molar refractivity (Wildman–Crippen MR) is 87.7 cm³/mol. The summed E-state index contributed by atoms with van der Waals surface area (Å²) in [6.45, 7) is 5.54. The number of carbonyl (C=O) groups is 1. The van der Waals surface area contributed by atoms with Crippen molar-refractivity contribution in [3.05, 3.63) is 36.0 Å². The van der Waals surface area contributed by atoms with Crippen LogP contribution in [0, 0.1) is 11.3 Å². The number of hydrogen-bond acceptors (Lipinski definition) is 6. The molecule has 0 radical (unpaired) electrons. The molecule has 1 aromatic carbocycles. The van der Waals surface area contributed by atoms with Crippen LogP contribution >= 0.6 is 0 Å². The van der Waals surface area contributed by atoms with Crippen LogP contribution in [0.4, 0.5) is 5.69 Å². The van der Waals surface area contributed by atoms with E-state index in [2.05, 4.69) is 20.9 Å². The molecular formula is C16H21N5O2. The molecule has 0 bridgehead atoms. The summed E-state index contributed by atoms with van der Waals surface area (Å²) in [6, 6.07) is 8.07. The first-order valence-electron chi connectivity index (χ1n) is 7.56. The van der Waals surface area contributed by atoms with Crippen molar-refractivity contribution in [2.45, 2.75) is 0 Å². The molecule has 1 saturated heterocycles. The third-order valence-corrected chi connectivity index (χ3v) is 3.50. The van der Waals surface area contributed by atoms with Gasteiger partial charge in [0, 0.05) is 57.2 Å². The molecule has 7 nitrogen and oxygen atoms in total. The minimum atomic E-state index is -0.507. The van der Waals surface area contributed by atoms with Gasteiger partial charge in [0.15, 0.2) is 0 Å². The van der Waals surface area contributed by atoms with Gasteiger partial charge in [-0.05, 0) is 12.1 Å². The van der Waals surface area contributed by atoms with Gasteiger partial charge < -0.3 is 21.1 Å². The molecule has 7 heteroatoms. The normalized spacial score (nSPS) is 15.7. The second-order valence-corrected chi connectivity index (χ2v) is 5.22. The molecule has 1 aliphatic heterocycles. The highest BCUT2D eigenvalue weighted by atomic mass is 16.3. The number of nitrogens with zero attached hydrogens (tertiary/aromatic N) is 2. The van der Waals surface area contributed by atoms with E-state index in [1.165, 1.54) is 18.3 Å². The molecular weight excluding hydrogens is 294 g/mol. The number of amides is 1. The third kappa shape index (κ3) is 5.62. The molecule has 0 unspecified atom stereocenters. The van der Waals surface area contributed by atoms with E-state index in [0.717, 1.165) is 32.7 Å². The van der Waals surface area contributed by atoms with Crippen molar-refractivity contribution in [3.63, 3.8) is 0 Å². The highest BCUT2D eigenvalue weighted by Gasteiger charge is 2.10. The average Bonchev–Trinajstić information content (AvgIpc) is 2.56. The standard InChI is InChI=1S/C16H21N5O2/c17-11-13(12-19-6-9-21-7-4-18-5-8-21)16(23)20-14-2-1-3-15(22)10-14/h1-3,10,12,18-19,22H,4-9H2,(H,20,23)/b13-12-. The van der Waals surface area contributed by atoms with Crippen molar-refractivity contribution in [1.29, 1.82) is 5.26 Å². The Morgan fingerprint density at radius 1 is 1.43 bits per heavy atom. The van der Waals surface area contributed by atoms with Crippen LogP contribution in [0.15, 0.2) is 36.0 Å². The Bertz CT molecular complexity index is 603. The van der Waals surface area contributed by atoms with Crippen molar-refractivity contribution >= 4 is 11.6 Å². The number of rotatable bonds is 6. The fourth-order valence-corrected chi connectivity index (χ4v) is 2.26. The van der Waals surface area contributed by atoms with Crippen molar-refractivity contribution in [2.75, 3.05) is 44.6 Å². The number of carbonyl (C=O) groups excluding carboxylic acids is 1. The van der Waals surface area contributed by atoms with E-state index in [9.17, 15) is 9.90 Å². The van der Waals surface area contributed by atoms with E-state index < -0.39 is 5.91 Å². The molecule has 0 atom stereocenters. The first-order valence-corrected chi connectivity index (χ1v) is 7.56. The van der Waals surface area contributed by atoms with Gasteiger partial charge in [0.05, 0.1) is 0 Å². The van der Waals surface area contributed by atoms with Crippen molar-refractivity contribution in [1.82, 2.24) is 15.5 Å². The lowest BCUT2D eigenvalue weighted by Gasteiger charge is -2.26. The lowest BCUT2D eigenvalue weighted by Crippen LogP contribution is -2.45. The number of benzene rings is 1. The van der Waals surface area contributed by atoms with Crippen LogP contribution in [0.25, 0.3) is 0 Å². The Kier molecular flexibility index (Phi) is 6.41. The fourth-order valence-electron chi connectivity index (χ4n) is 2.26. The van der Waals surface area contributed by atoms with Gasteiger partial charge in [-0.3, -0.25) is 9.69 Å². The molecule has 2 rings (SSSR count). The maximum Gasteiger partial charge on any atom is 0.267 e. The summed E-state index contributed by atoms with van der Waals surface area (Å²) in [4.78, 5) is 14.3. The smallest absolute Gasteiger partial charge is 0.267 e. The fraction of sp³-hybridized carbons (Fsp3) is 0.375. The number of hydrogen-bond donors (Lipinski definition) is 4. The number of nitriles is 1. The van der Waals surface area contributed by atoms with Crippen LogP contribution in [0.3, 0.4) is 0 Å². The highest BCUT2D eigenvalue weighted by Crippen LogP contribution is 2.15. The summed E-state index contributed by atoms with van der Waals surface area (Å²) < 4.78 is 0. The van der Waals surface area contributed by atoms with Crippen LogP contribution in [-0.4, -0.2) is 55.2 Å². The van der Waals surface area contributed by atoms with E-state index in [4.69, 9.17) is 5.26 Å². The summed E-state index contributed by atoms with van der Waals surface area (Å²) in [5, 5.41) is 27.3. The van der Waals surface area contributed by atoms with Gasteiger partial charge in [0.1, 0.15) is 17.4 Å². The molecule has 1 heterocycles. The second-order valence-electron chi connectivity index (χ2n) is 5.22. The molecule has 0 aromatic heterocycles. The number of phenols is 1. The minimum Gasteiger partial charge on any atom is -0.508 e. The first kappa shape index (κ1) is 16.8. The summed E-state index contributed by atoms with van der Waals surface area (Å²) in [5.74, 6) is -0.452. The quantitative estimate of drug-likeness (QED) is 0.341.